The Labute approximate surface area is 192 Å². The Bertz CT molecular complexity index is 1260. The van der Waals surface area contributed by atoms with Crippen molar-refractivity contribution < 1.29 is 18.0 Å². The minimum atomic E-state index is -3.80. The van der Waals surface area contributed by atoms with Crippen LogP contribution in [0.15, 0.2) is 78.9 Å². The standard InChI is InChI=1S/C24H21ClN2O4S/c1-17-16-32(30,31)27(23(17)28)20-12-13-22(25)21(14-20)24(29)26(19-10-6-3-7-11-19)15-18-8-4-2-5-9-18/h2-14,17H,15-16H2,1H3. The molecule has 1 saturated heterocycles. The molecule has 164 valence electrons. The van der Waals surface area contributed by atoms with Crippen molar-refractivity contribution in [2.45, 2.75) is 13.5 Å². The second kappa shape index (κ2) is 8.76. The molecule has 8 heteroatoms. The second-order valence-corrected chi connectivity index (χ2v) is 9.93. The molecule has 0 bridgehead atoms. The summed E-state index contributed by atoms with van der Waals surface area (Å²) in [6.45, 7) is 1.86. The van der Waals surface area contributed by atoms with Gasteiger partial charge in [0.25, 0.3) is 5.91 Å². The van der Waals surface area contributed by atoms with Gasteiger partial charge < -0.3 is 4.90 Å². The molecule has 0 aliphatic carbocycles. The van der Waals surface area contributed by atoms with Crippen molar-refractivity contribution >= 4 is 44.8 Å². The highest BCUT2D eigenvalue weighted by Crippen LogP contribution is 2.32. The van der Waals surface area contributed by atoms with Crippen LogP contribution >= 0.6 is 11.6 Å². The van der Waals surface area contributed by atoms with E-state index in [2.05, 4.69) is 0 Å². The van der Waals surface area contributed by atoms with Gasteiger partial charge in [-0.1, -0.05) is 67.1 Å². The summed E-state index contributed by atoms with van der Waals surface area (Å²) in [5, 5.41) is 0.171. The van der Waals surface area contributed by atoms with E-state index < -0.39 is 27.8 Å². The molecule has 0 saturated carbocycles. The first-order valence-electron chi connectivity index (χ1n) is 10.0. The number of para-hydroxylation sites is 1. The van der Waals surface area contributed by atoms with E-state index in [1.54, 1.807) is 11.8 Å². The summed E-state index contributed by atoms with van der Waals surface area (Å²) in [7, 11) is -3.80. The maximum atomic E-state index is 13.6. The molecule has 1 unspecified atom stereocenters. The fourth-order valence-electron chi connectivity index (χ4n) is 3.69. The van der Waals surface area contributed by atoms with Gasteiger partial charge in [-0.05, 0) is 35.9 Å². The van der Waals surface area contributed by atoms with Crippen LogP contribution in [0.25, 0.3) is 0 Å². The first kappa shape index (κ1) is 22.0. The number of amides is 2. The van der Waals surface area contributed by atoms with Crippen molar-refractivity contribution in [1.82, 2.24) is 0 Å². The number of hydrogen-bond acceptors (Lipinski definition) is 4. The van der Waals surface area contributed by atoms with E-state index in [-0.39, 0.29) is 22.0 Å². The van der Waals surface area contributed by atoms with Crippen molar-refractivity contribution in [1.29, 1.82) is 0 Å². The first-order valence-corrected chi connectivity index (χ1v) is 12.0. The van der Waals surface area contributed by atoms with Gasteiger partial charge in [0, 0.05) is 5.69 Å². The second-order valence-electron chi connectivity index (χ2n) is 7.66. The summed E-state index contributed by atoms with van der Waals surface area (Å²) in [6.07, 6.45) is 0. The predicted octanol–water partition coefficient (Wildman–Crippen LogP) is 4.50. The summed E-state index contributed by atoms with van der Waals surface area (Å²) in [4.78, 5) is 27.7. The Morgan fingerprint density at radius 1 is 1.03 bits per heavy atom. The van der Waals surface area contributed by atoms with E-state index in [0.717, 1.165) is 9.87 Å². The Morgan fingerprint density at radius 2 is 1.66 bits per heavy atom. The third-order valence-corrected chi connectivity index (χ3v) is 7.47. The van der Waals surface area contributed by atoms with Gasteiger partial charge in [-0.3, -0.25) is 9.59 Å². The minimum absolute atomic E-state index is 0.111. The molecule has 0 aromatic heterocycles. The van der Waals surface area contributed by atoms with Gasteiger partial charge >= 0.3 is 0 Å². The topological polar surface area (TPSA) is 74.8 Å². The molecule has 3 aromatic carbocycles. The number of halogens is 1. The lowest BCUT2D eigenvalue weighted by molar-refractivity contribution is -0.119. The van der Waals surface area contributed by atoms with Gasteiger partial charge in [0.15, 0.2) is 0 Å². The number of anilines is 2. The van der Waals surface area contributed by atoms with E-state index in [1.165, 1.54) is 18.2 Å². The minimum Gasteiger partial charge on any atom is -0.304 e. The van der Waals surface area contributed by atoms with Crippen LogP contribution in [-0.4, -0.2) is 26.0 Å². The van der Waals surface area contributed by atoms with Crippen LogP contribution in [-0.2, 0) is 21.4 Å². The Kier molecular flexibility index (Phi) is 6.04. The van der Waals surface area contributed by atoms with Crippen molar-refractivity contribution in [2.75, 3.05) is 15.0 Å². The molecule has 0 N–H and O–H groups in total. The zero-order valence-corrected chi connectivity index (χ0v) is 18.9. The number of carbonyl (C=O) groups excluding carboxylic acids is 2. The van der Waals surface area contributed by atoms with Crippen LogP contribution in [0.3, 0.4) is 0 Å². The largest absolute Gasteiger partial charge is 0.304 e. The maximum Gasteiger partial charge on any atom is 0.260 e. The average Bonchev–Trinajstić information content (AvgIpc) is 2.99. The van der Waals surface area contributed by atoms with E-state index >= 15 is 0 Å². The highest BCUT2D eigenvalue weighted by Gasteiger charge is 2.42. The molecule has 0 spiro atoms. The highest BCUT2D eigenvalue weighted by atomic mass is 35.5. The molecular formula is C24H21ClN2O4S. The van der Waals surface area contributed by atoms with Crippen LogP contribution in [0.5, 0.6) is 0 Å². The lowest BCUT2D eigenvalue weighted by atomic mass is 10.1. The lowest BCUT2D eigenvalue weighted by Crippen LogP contribution is -2.32. The molecule has 1 aliphatic rings. The van der Waals surface area contributed by atoms with Crippen LogP contribution < -0.4 is 9.21 Å². The monoisotopic (exact) mass is 468 g/mol. The number of rotatable bonds is 5. The van der Waals surface area contributed by atoms with Crippen LogP contribution in [0, 0.1) is 5.92 Å². The van der Waals surface area contributed by atoms with Gasteiger partial charge in [0.05, 0.1) is 34.5 Å². The normalized spacial score (nSPS) is 17.4. The smallest absolute Gasteiger partial charge is 0.260 e. The molecule has 32 heavy (non-hydrogen) atoms. The Hall–Kier alpha value is -3.16. The Balaban J connectivity index is 1.76. The van der Waals surface area contributed by atoms with Gasteiger partial charge in [0.2, 0.25) is 15.9 Å². The van der Waals surface area contributed by atoms with Gasteiger partial charge in [0.1, 0.15) is 0 Å². The first-order chi connectivity index (χ1) is 15.3. The van der Waals surface area contributed by atoms with Gasteiger partial charge in [-0.15, -0.1) is 0 Å². The molecule has 1 fully saturated rings. The summed E-state index contributed by atoms with van der Waals surface area (Å²) in [5.41, 5.74) is 1.82. The van der Waals surface area contributed by atoms with Crippen molar-refractivity contribution in [3.8, 4) is 0 Å². The van der Waals surface area contributed by atoms with Crippen molar-refractivity contribution in [3.63, 3.8) is 0 Å². The Morgan fingerprint density at radius 3 is 2.25 bits per heavy atom. The van der Waals surface area contributed by atoms with E-state index in [1.807, 2.05) is 60.7 Å². The quantitative estimate of drug-likeness (QED) is 0.552. The van der Waals surface area contributed by atoms with E-state index in [4.69, 9.17) is 11.6 Å². The van der Waals surface area contributed by atoms with Crippen LogP contribution in [0.4, 0.5) is 11.4 Å². The van der Waals surface area contributed by atoms with Gasteiger partial charge in [-0.25, -0.2) is 12.7 Å². The van der Waals surface area contributed by atoms with Crippen LogP contribution in [0.2, 0.25) is 5.02 Å². The molecule has 4 rings (SSSR count). The third kappa shape index (κ3) is 4.26. The molecule has 2 amide bonds. The molecule has 1 heterocycles. The summed E-state index contributed by atoms with van der Waals surface area (Å²) >= 11 is 6.37. The summed E-state index contributed by atoms with van der Waals surface area (Å²) in [5.74, 6) is -1.82. The van der Waals surface area contributed by atoms with Crippen molar-refractivity contribution in [3.05, 3.63) is 95.0 Å². The zero-order valence-electron chi connectivity index (χ0n) is 17.3. The number of carbonyl (C=O) groups is 2. The number of benzene rings is 3. The molecular weight excluding hydrogens is 448 g/mol. The molecule has 0 radical (unpaired) electrons. The molecule has 1 atom stereocenters. The van der Waals surface area contributed by atoms with Crippen LogP contribution in [0.1, 0.15) is 22.8 Å². The van der Waals surface area contributed by atoms with Gasteiger partial charge in [-0.2, -0.15) is 0 Å². The summed E-state index contributed by atoms with van der Waals surface area (Å²) < 4.78 is 25.8. The third-order valence-electron chi connectivity index (χ3n) is 5.27. The number of nitrogens with zero attached hydrogens (tertiary/aromatic N) is 2. The fourth-order valence-corrected chi connectivity index (χ4v) is 5.70. The average molecular weight is 469 g/mol. The molecule has 1 aliphatic heterocycles. The highest BCUT2D eigenvalue weighted by molar-refractivity contribution is 7.94. The summed E-state index contributed by atoms with van der Waals surface area (Å²) in [6, 6.07) is 22.9. The molecule has 3 aromatic rings. The number of hydrogen-bond donors (Lipinski definition) is 0. The molecule has 6 nitrogen and oxygen atoms in total. The zero-order chi connectivity index (χ0) is 22.9. The van der Waals surface area contributed by atoms with Crippen molar-refractivity contribution in [2.24, 2.45) is 5.92 Å². The maximum absolute atomic E-state index is 13.6. The fraction of sp³-hybridized carbons (Fsp3) is 0.167. The SMILES string of the molecule is CC1CS(=O)(=O)N(c2ccc(Cl)c(C(=O)N(Cc3ccccc3)c3ccccc3)c2)C1=O. The van der Waals surface area contributed by atoms with E-state index in [0.29, 0.717) is 12.2 Å². The predicted molar refractivity (Wildman–Crippen MR) is 125 cm³/mol. The number of sulfonamides is 1. The van der Waals surface area contributed by atoms with E-state index in [9.17, 15) is 18.0 Å². The lowest BCUT2D eigenvalue weighted by Gasteiger charge is -2.24.